The minimum atomic E-state index is 0.384. The van der Waals surface area contributed by atoms with Gasteiger partial charge in [-0.3, -0.25) is 9.67 Å². The van der Waals surface area contributed by atoms with E-state index in [1.807, 2.05) is 17.9 Å². The molecule has 23 heavy (non-hydrogen) atoms. The normalized spacial score (nSPS) is 13.9. The van der Waals surface area contributed by atoms with Crippen LogP contribution in [0.1, 0.15) is 59.4 Å². The molecule has 1 aromatic rings. The van der Waals surface area contributed by atoms with Gasteiger partial charge in [0.1, 0.15) is 0 Å². The van der Waals surface area contributed by atoms with E-state index in [1.165, 1.54) is 12.0 Å². The Morgan fingerprint density at radius 2 is 2.13 bits per heavy atom. The molecule has 0 aliphatic rings. The lowest BCUT2D eigenvalue weighted by Gasteiger charge is -2.23. The zero-order chi connectivity index (χ0) is 17.3. The summed E-state index contributed by atoms with van der Waals surface area (Å²) in [5, 5.41) is 11.0. The Hall–Kier alpha value is -1.52. The van der Waals surface area contributed by atoms with Gasteiger partial charge in [-0.25, -0.2) is 0 Å². The molecule has 1 unspecified atom stereocenters. The van der Waals surface area contributed by atoms with E-state index in [0.717, 1.165) is 38.3 Å². The zero-order valence-electron chi connectivity index (χ0n) is 15.8. The third-order valence-electron chi connectivity index (χ3n) is 3.71. The molecule has 0 saturated carbocycles. The van der Waals surface area contributed by atoms with Crippen LogP contribution in [-0.2, 0) is 13.5 Å². The molecule has 0 spiro atoms. The number of hydrogen-bond acceptors (Lipinski definition) is 2. The first-order valence-electron chi connectivity index (χ1n) is 8.82. The standard InChI is InChI=1S/C18H35N5/c1-7-19-17(22-15(2)10-11-18(3,4)5)20-12-8-9-16-13-21-23(6)14-16/h13-15H,7-12H2,1-6H3,(H2,19,20,22). The number of rotatable bonds is 8. The van der Waals surface area contributed by atoms with Gasteiger partial charge in [0.25, 0.3) is 0 Å². The van der Waals surface area contributed by atoms with Crippen molar-refractivity contribution in [2.24, 2.45) is 17.5 Å². The molecular formula is C18H35N5. The van der Waals surface area contributed by atoms with Crippen LogP contribution >= 0.6 is 0 Å². The molecule has 0 aromatic carbocycles. The molecule has 0 amide bonds. The largest absolute Gasteiger partial charge is 0.357 e. The number of hydrogen-bond donors (Lipinski definition) is 2. The number of aromatic nitrogens is 2. The summed E-state index contributed by atoms with van der Waals surface area (Å²) >= 11 is 0. The monoisotopic (exact) mass is 321 g/mol. The van der Waals surface area contributed by atoms with E-state index in [1.54, 1.807) is 0 Å². The van der Waals surface area contributed by atoms with Gasteiger partial charge in [-0.15, -0.1) is 0 Å². The van der Waals surface area contributed by atoms with E-state index >= 15 is 0 Å². The number of nitrogens with zero attached hydrogens (tertiary/aromatic N) is 3. The molecule has 5 heteroatoms. The zero-order valence-corrected chi connectivity index (χ0v) is 15.8. The predicted molar refractivity (Wildman–Crippen MR) is 98.8 cm³/mol. The lowest BCUT2D eigenvalue weighted by Crippen LogP contribution is -2.42. The van der Waals surface area contributed by atoms with E-state index < -0.39 is 0 Å². The van der Waals surface area contributed by atoms with Gasteiger partial charge in [-0.1, -0.05) is 20.8 Å². The maximum Gasteiger partial charge on any atom is 0.191 e. The van der Waals surface area contributed by atoms with E-state index in [4.69, 9.17) is 0 Å². The highest BCUT2D eigenvalue weighted by atomic mass is 15.2. The first-order chi connectivity index (χ1) is 10.8. The molecule has 0 aliphatic carbocycles. The van der Waals surface area contributed by atoms with Crippen molar-refractivity contribution in [2.75, 3.05) is 13.1 Å². The highest BCUT2D eigenvalue weighted by molar-refractivity contribution is 5.80. The first-order valence-corrected chi connectivity index (χ1v) is 8.82. The Morgan fingerprint density at radius 1 is 1.39 bits per heavy atom. The van der Waals surface area contributed by atoms with Gasteiger partial charge >= 0.3 is 0 Å². The van der Waals surface area contributed by atoms with Gasteiger partial charge in [0.05, 0.1) is 6.20 Å². The van der Waals surface area contributed by atoms with Gasteiger partial charge in [-0.2, -0.15) is 5.10 Å². The molecule has 0 saturated heterocycles. The predicted octanol–water partition coefficient (Wildman–Crippen LogP) is 3.12. The summed E-state index contributed by atoms with van der Waals surface area (Å²) in [5.74, 6) is 0.931. The van der Waals surface area contributed by atoms with E-state index in [0.29, 0.717) is 11.5 Å². The molecule has 0 bridgehead atoms. The van der Waals surface area contributed by atoms with Crippen LogP contribution < -0.4 is 10.6 Å². The van der Waals surface area contributed by atoms with Crippen LogP contribution in [0.4, 0.5) is 0 Å². The molecule has 0 radical (unpaired) electrons. The Bertz CT molecular complexity index is 470. The Balaban J connectivity index is 2.36. The van der Waals surface area contributed by atoms with Crippen LogP contribution in [0.5, 0.6) is 0 Å². The highest BCUT2D eigenvalue weighted by Crippen LogP contribution is 2.21. The summed E-state index contributed by atoms with van der Waals surface area (Å²) in [4.78, 5) is 4.69. The fourth-order valence-corrected chi connectivity index (χ4v) is 2.35. The van der Waals surface area contributed by atoms with Crippen molar-refractivity contribution in [3.05, 3.63) is 18.0 Å². The van der Waals surface area contributed by atoms with Crippen LogP contribution in [0.2, 0.25) is 0 Å². The molecule has 0 aliphatic heterocycles. The minimum Gasteiger partial charge on any atom is -0.357 e. The average molecular weight is 322 g/mol. The SMILES string of the molecule is CCNC(=NCCCc1cnn(C)c1)NC(C)CCC(C)(C)C. The van der Waals surface area contributed by atoms with E-state index in [9.17, 15) is 0 Å². The van der Waals surface area contributed by atoms with Crippen LogP contribution in [0.25, 0.3) is 0 Å². The number of nitrogens with one attached hydrogen (secondary N) is 2. The molecular weight excluding hydrogens is 286 g/mol. The van der Waals surface area contributed by atoms with Crippen LogP contribution in [0.15, 0.2) is 17.4 Å². The number of aryl methyl sites for hydroxylation is 2. The fraction of sp³-hybridized carbons (Fsp3) is 0.778. The van der Waals surface area contributed by atoms with Crippen molar-refractivity contribution >= 4 is 5.96 Å². The second kappa shape index (κ2) is 9.58. The second-order valence-corrected chi connectivity index (χ2v) is 7.53. The molecule has 1 aromatic heterocycles. The number of guanidine groups is 1. The molecule has 1 rings (SSSR count). The van der Waals surface area contributed by atoms with Crippen molar-refractivity contribution in [3.8, 4) is 0 Å². The maximum absolute atomic E-state index is 4.69. The summed E-state index contributed by atoms with van der Waals surface area (Å²) in [6, 6.07) is 0.436. The van der Waals surface area contributed by atoms with Crippen molar-refractivity contribution in [1.82, 2.24) is 20.4 Å². The Labute approximate surface area is 142 Å². The molecule has 2 N–H and O–H groups in total. The lowest BCUT2D eigenvalue weighted by atomic mass is 9.89. The first kappa shape index (κ1) is 19.5. The Kier molecular flexibility index (Phi) is 8.13. The van der Waals surface area contributed by atoms with Crippen molar-refractivity contribution in [2.45, 2.75) is 66.3 Å². The van der Waals surface area contributed by atoms with Crippen LogP contribution in [0.3, 0.4) is 0 Å². The molecule has 1 heterocycles. The van der Waals surface area contributed by atoms with Crippen molar-refractivity contribution in [3.63, 3.8) is 0 Å². The van der Waals surface area contributed by atoms with Gasteiger partial charge in [0.2, 0.25) is 0 Å². The molecule has 0 fully saturated rings. The molecule has 5 nitrogen and oxygen atoms in total. The van der Waals surface area contributed by atoms with Crippen LogP contribution in [-0.4, -0.2) is 34.9 Å². The summed E-state index contributed by atoms with van der Waals surface area (Å²) in [5.41, 5.74) is 1.66. The minimum absolute atomic E-state index is 0.384. The maximum atomic E-state index is 4.69. The van der Waals surface area contributed by atoms with Gasteiger partial charge in [0.15, 0.2) is 5.96 Å². The fourth-order valence-electron chi connectivity index (χ4n) is 2.35. The Morgan fingerprint density at radius 3 is 2.70 bits per heavy atom. The summed E-state index contributed by atoms with van der Waals surface area (Å²) in [6.45, 7) is 12.9. The lowest BCUT2D eigenvalue weighted by molar-refractivity contribution is 0.346. The van der Waals surface area contributed by atoms with Gasteiger partial charge in [0, 0.05) is 32.4 Å². The third-order valence-corrected chi connectivity index (χ3v) is 3.71. The van der Waals surface area contributed by atoms with E-state index in [2.05, 4.69) is 61.5 Å². The van der Waals surface area contributed by atoms with Gasteiger partial charge in [-0.05, 0) is 50.5 Å². The molecule has 1 atom stereocenters. The smallest absolute Gasteiger partial charge is 0.191 e. The third kappa shape index (κ3) is 9.26. The van der Waals surface area contributed by atoms with Crippen molar-refractivity contribution in [1.29, 1.82) is 0 Å². The summed E-state index contributed by atoms with van der Waals surface area (Å²) in [6.07, 6.45) is 8.43. The second-order valence-electron chi connectivity index (χ2n) is 7.53. The average Bonchev–Trinajstić information content (AvgIpc) is 2.86. The topological polar surface area (TPSA) is 54.2 Å². The highest BCUT2D eigenvalue weighted by Gasteiger charge is 2.13. The van der Waals surface area contributed by atoms with Crippen molar-refractivity contribution < 1.29 is 0 Å². The summed E-state index contributed by atoms with van der Waals surface area (Å²) < 4.78 is 1.85. The van der Waals surface area contributed by atoms with E-state index in [-0.39, 0.29) is 0 Å². The van der Waals surface area contributed by atoms with Gasteiger partial charge < -0.3 is 10.6 Å². The molecule has 132 valence electrons. The number of aliphatic imine (C=N–C) groups is 1. The van der Waals surface area contributed by atoms with Crippen LogP contribution in [0, 0.1) is 5.41 Å². The summed E-state index contributed by atoms with van der Waals surface area (Å²) in [7, 11) is 1.95. The quantitative estimate of drug-likeness (QED) is 0.439.